The maximum atomic E-state index is 14.0. The van der Waals surface area contributed by atoms with Gasteiger partial charge in [-0.15, -0.1) is 0 Å². The van der Waals surface area contributed by atoms with E-state index in [9.17, 15) is 14.3 Å². The average molecular weight is 494 g/mol. The summed E-state index contributed by atoms with van der Waals surface area (Å²) in [6.07, 6.45) is 3.90. The van der Waals surface area contributed by atoms with Crippen LogP contribution < -0.4 is 10.5 Å². The minimum absolute atomic E-state index is 0.102. The van der Waals surface area contributed by atoms with Gasteiger partial charge >= 0.3 is 0 Å². The molecule has 0 spiro atoms. The molecule has 174 valence electrons. The second-order valence-electron chi connectivity index (χ2n) is 7.82. The van der Waals surface area contributed by atoms with E-state index >= 15 is 0 Å². The van der Waals surface area contributed by atoms with Gasteiger partial charge in [0, 0.05) is 35.4 Å². The number of rotatable bonds is 5. The molecule has 4 rings (SSSR count). The number of amides is 1. The number of furan rings is 1. The quantitative estimate of drug-likeness (QED) is 0.485. The molecule has 33 heavy (non-hydrogen) atoms. The summed E-state index contributed by atoms with van der Waals surface area (Å²) in [5, 5.41) is 10.3. The standard InChI is InChI=1S/C23H22Cl2FN3O4/c1-11(30)23(31)29-7-5-13(6-8-29)15-10-32-20-14(15)9-28-22(27)21(20)33-12(2)18-16(24)3-4-17(26)19(18)25/h3-5,9-12,30H,6-8H2,1-2H3,(H2,27,28). The molecule has 1 aromatic carbocycles. The van der Waals surface area contributed by atoms with Crippen LogP contribution in [0.1, 0.15) is 37.5 Å². The van der Waals surface area contributed by atoms with Crippen LogP contribution in [0.3, 0.4) is 0 Å². The predicted molar refractivity (Wildman–Crippen MR) is 125 cm³/mol. The van der Waals surface area contributed by atoms with Gasteiger partial charge in [-0.2, -0.15) is 0 Å². The van der Waals surface area contributed by atoms with E-state index in [0.717, 1.165) is 11.1 Å². The highest BCUT2D eigenvalue weighted by molar-refractivity contribution is 6.36. The van der Waals surface area contributed by atoms with Crippen LogP contribution in [-0.2, 0) is 4.79 Å². The maximum absolute atomic E-state index is 14.0. The molecule has 0 fully saturated rings. The van der Waals surface area contributed by atoms with Crippen molar-refractivity contribution in [3.05, 3.63) is 57.7 Å². The number of aliphatic hydroxyl groups is 1. The number of fused-ring (bicyclic) bond motifs is 1. The van der Waals surface area contributed by atoms with Gasteiger partial charge in [-0.05, 0) is 38.0 Å². The minimum atomic E-state index is -1.04. The number of aliphatic hydroxyl groups excluding tert-OH is 1. The zero-order chi connectivity index (χ0) is 23.9. The Hall–Kier alpha value is -2.81. The molecule has 1 amide bonds. The van der Waals surface area contributed by atoms with E-state index < -0.39 is 18.0 Å². The summed E-state index contributed by atoms with van der Waals surface area (Å²) in [5.41, 5.74) is 8.53. The summed E-state index contributed by atoms with van der Waals surface area (Å²) in [4.78, 5) is 17.9. The van der Waals surface area contributed by atoms with Gasteiger partial charge < -0.3 is 24.9 Å². The van der Waals surface area contributed by atoms with Gasteiger partial charge in [0.15, 0.2) is 11.4 Å². The van der Waals surface area contributed by atoms with E-state index in [1.54, 1.807) is 24.3 Å². The first kappa shape index (κ1) is 23.4. The molecule has 1 aliphatic rings. The molecule has 0 radical (unpaired) electrons. The lowest BCUT2D eigenvalue weighted by Crippen LogP contribution is -2.40. The molecule has 10 heteroatoms. The van der Waals surface area contributed by atoms with Crippen LogP contribution in [0.5, 0.6) is 5.75 Å². The first-order chi connectivity index (χ1) is 15.7. The highest BCUT2D eigenvalue weighted by Gasteiger charge is 2.25. The van der Waals surface area contributed by atoms with E-state index in [0.29, 0.717) is 36.0 Å². The number of hydrogen-bond donors (Lipinski definition) is 2. The molecule has 3 heterocycles. The van der Waals surface area contributed by atoms with E-state index in [1.165, 1.54) is 19.1 Å². The molecule has 2 atom stereocenters. The number of ether oxygens (including phenoxy) is 1. The van der Waals surface area contributed by atoms with Crippen molar-refractivity contribution in [2.75, 3.05) is 18.8 Å². The molecule has 3 N–H and O–H groups in total. The van der Waals surface area contributed by atoms with Crippen molar-refractivity contribution < 1.29 is 23.4 Å². The van der Waals surface area contributed by atoms with Crippen molar-refractivity contribution in [1.82, 2.24) is 9.88 Å². The smallest absolute Gasteiger partial charge is 0.251 e. The third-order valence-electron chi connectivity index (χ3n) is 5.61. The highest BCUT2D eigenvalue weighted by atomic mass is 35.5. The number of nitrogens with two attached hydrogens (primary N) is 1. The highest BCUT2D eigenvalue weighted by Crippen LogP contribution is 2.41. The third-order valence-corrected chi connectivity index (χ3v) is 6.32. The van der Waals surface area contributed by atoms with Crippen molar-refractivity contribution in [3.63, 3.8) is 0 Å². The molecule has 0 saturated heterocycles. The Kier molecular flexibility index (Phi) is 6.52. The Morgan fingerprint density at radius 2 is 2.12 bits per heavy atom. The molecule has 3 aromatic rings. The summed E-state index contributed by atoms with van der Waals surface area (Å²) in [6, 6.07) is 2.59. The summed E-state index contributed by atoms with van der Waals surface area (Å²) in [7, 11) is 0. The van der Waals surface area contributed by atoms with Crippen LogP contribution >= 0.6 is 23.2 Å². The average Bonchev–Trinajstić information content (AvgIpc) is 3.22. The van der Waals surface area contributed by atoms with Crippen molar-refractivity contribution in [2.24, 2.45) is 0 Å². The van der Waals surface area contributed by atoms with Gasteiger partial charge in [0.1, 0.15) is 18.0 Å². The Morgan fingerprint density at radius 1 is 1.36 bits per heavy atom. The molecule has 7 nitrogen and oxygen atoms in total. The summed E-state index contributed by atoms with van der Waals surface area (Å²) in [6.45, 7) is 3.98. The van der Waals surface area contributed by atoms with Gasteiger partial charge in [0.05, 0.1) is 16.7 Å². The van der Waals surface area contributed by atoms with E-state index in [-0.39, 0.29) is 27.5 Å². The van der Waals surface area contributed by atoms with Crippen LogP contribution in [0, 0.1) is 5.82 Å². The zero-order valence-corrected chi connectivity index (χ0v) is 19.5. The largest absolute Gasteiger partial charge is 0.478 e. The lowest BCUT2D eigenvalue weighted by molar-refractivity contribution is -0.138. The zero-order valence-electron chi connectivity index (χ0n) is 17.9. The number of anilines is 1. The normalized spacial score (nSPS) is 15.9. The third kappa shape index (κ3) is 4.38. The van der Waals surface area contributed by atoms with Crippen molar-refractivity contribution in [2.45, 2.75) is 32.5 Å². The first-order valence-electron chi connectivity index (χ1n) is 10.3. The van der Waals surface area contributed by atoms with E-state index in [4.69, 9.17) is 38.1 Å². The van der Waals surface area contributed by atoms with Gasteiger partial charge in [-0.25, -0.2) is 9.37 Å². The van der Waals surface area contributed by atoms with Crippen molar-refractivity contribution in [3.8, 4) is 5.75 Å². The van der Waals surface area contributed by atoms with E-state index in [1.807, 2.05) is 6.08 Å². The molecule has 0 saturated carbocycles. The fourth-order valence-electron chi connectivity index (χ4n) is 3.87. The van der Waals surface area contributed by atoms with Gasteiger partial charge in [-0.3, -0.25) is 4.79 Å². The number of carbonyl (C=O) groups is 1. The molecule has 1 aliphatic heterocycles. The number of carbonyl (C=O) groups excluding carboxylic acids is 1. The molecule has 0 bridgehead atoms. The van der Waals surface area contributed by atoms with Crippen molar-refractivity contribution >= 4 is 51.5 Å². The van der Waals surface area contributed by atoms with Crippen molar-refractivity contribution in [1.29, 1.82) is 0 Å². The number of nitrogen functional groups attached to an aromatic ring is 1. The van der Waals surface area contributed by atoms with Crippen LogP contribution in [0.15, 0.2) is 35.1 Å². The number of pyridine rings is 1. The molecule has 2 aromatic heterocycles. The number of hydrogen-bond acceptors (Lipinski definition) is 6. The Bertz CT molecular complexity index is 1260. The monoisotopic (exact) mass is 493 g/mol. The van der Waals surface area contributed by atoms with Gasteiger partial charge in [0.25, 0.3) is 5.91 Å². The number of aromatic nitrogens is 1. The number of nitrogens with zero attached hydrogens (tertiary/aromatic N) is 2. The Labute approximate surface area is 199 Å². The summed E-state index contributed by atoms with van der Waals surface area (Å²) in [5.74, 6) is -0.616. The van der Waals surface area contributed by atoms with Gasteiger partial charge in [0.2, 0.25) is 5.75 Å². The molecular formula is C23H22Cl2FN3O4. The summed E-state index contributed by atoms with van der Waals surface area (Å²) < 4.78 is 25.8. The second kappa shape index (κ2) is 9.21. The molecule has 2 unspecified atom stereocenters. The van der Waals surface area contributed by atoms with Crippen LogP contribution in [-0.4, -0.2) is 40.1 Å². The second-order valence-corrected chi connectivity index (χ2v) is 8.61. The lowest BCUT2D eigenvalue weighted by atomic mass is 9.99. The van der Waals surface area contributed by atoms with Crippen LogP contribution in [0.2, 0.25) is 10.0 Å². The Balaban J connectivity index is 1.66. The minimum Gasteiger partial charge on any atom is -0.478 e. The maximum Gasteiger partial charge on any atom is 0.251 e. The first-order valence-corrected chi connectivity index (χ1v) is 11.1. The van der Waals surface area contributed by atoms with Crippen LogP contribution in [0.25, 0.3) is 16.5 Å². The van der Waals surface area contributed by atoms with Gasteiger partial charge in [-0.1, -0.05) is 29.3 Å². The molecule has 0 aliphatic carbocycles. The fourth-order valence-corrected chi connectivity index (χ4v) is 4.55. The topological polar surface area (TPSA) is 102 Å². The van der Waals surface area contributed by atoms with E-state index in [2.05, 4.69) is 4.98 Å². The summed E-state index contributed by atoms with van der Waals surface area (Å²) >= 11 is 12.3. The SMILES string of the molecule is CC(O)C(=O)N1CC=C(c2coc3c(OC(C)c4c(Cl)ccc(F)c4Cl)c(N)ncc23)CC1. The number of benzene rings is 1. The Morgan fingerprint density at radius 3 is 2.79 bits per heavy atom. The number of halogens is 3. The fraction of sp³-hybridized carbons (Fsp3) is 0.304. The predicted octanol–water partition coefficient (Wildman–Crippen LogP) is 4.99. The van der Waals surface area contributed by atoms with Crippen LogP contribution in [0.4, 0.5) is 10.2 Å². The lowest BCUT2D eigenvalue weighted by Gasteiger charge is -2.27. The molecular weight excluding hydrogens is 472 g/mol.